The highest BCUT2D eigenvalue weighted by Crippen LogP contribution is 2.37. The predicted molar refractivity (Wildman–Crippen MR) is 133 cm³/mol. The molecule has 0 heterocycles. The molecule has 0 atom stereocenters. The van der Waals surface area contributed by atoms with Crippen molar-refractivity contribution in [1.29, 1.82) is 0 Å². The van der Waals surface area contributed by atoms with Crippen LogP contribution < -0.4 is 26.6 Å². The van der Waals surface area contributed by atoms with E-state index < -0.39 is 11.8 Å². The SMILES string of the molecule is CCOc1ccccc1NC(=O)c1cc2ccccc2c(NNc2ccc(C(N)=O)cc2)c1O. The van der Waals surface area contributed by atoms with Gasteiger partial charge in [0.2, 0.25) is 5.91 Å². The number of carbonyl (C=O) groups excluding carboxylic acids is 2. The van der Waals surface area contributed by atoms with E-state index in [9.17, 15) is 14.7 Å². The highest BCUT2D eigenvalue weighted by atomic mass is 16.5. The number of primary amides is 1. The molecule has 34 heavy (non-hydrogen) atoms. The molecular formula is C26H24N4O4. The van der Waals surface area contributed by atoms with Gasteiger partial charge in [0.25, 0.3) is 5.91 Å². The van der Waals surface area contributed by atoms with Crippen molar-refractivity contribution in [3.63, 3.8) is 0 Å². The van der Waals surface area contributed by atoms with Gasteiger partial charge >= 0.3 is 0 Å². The number of hydrogen-bond acceptors (Lipinski definition) is 6. The standard InChI is InChI=1S/C26H24N4O4/c1-2-34-22-10-6-5-9-21(22)28-26(33)20-15-17-7-3-4-8-19(17)23(24(20)31)30-29-18-13-11-16(12-14-18)25(27)32/h3-15,29-31H,2H2,1H3,(H2,27,32)(H,28,33). The van der Waals surface area contributed by atoms with Crippen molar-refractivity contribution < 1.29 is 19.4 Å². The Kier molecular flexibility index (Phi) is 6.49. The molecule has 4 aromatic rings. The van der Waals surface area contributed by atoms with Gasteiger partial charge in [0.15, 0.2) is 5.75 Å². The van der Waals surface area contributed by atoms with Gasteiger partial charge in [-0.3, -0.25) is 15.0 Å². The van der Waals surface area contributed by atoms with Crippen molar-refractivity contribution in [2.75, 3.05) is 22.8 Å². The van der Waals surface area contributed by atoms with Gasteiger partial charge in [-0.15, -0.1) is 0 Å². The van der Waals surface area contributed by atoms with E-state index in [0.717, 1.165) is 5.39 Å². The van der Waals surface area contributed by atoms with Gasteiger partial charge in [-0.25, -0.2) is 0 Å². The van der Waals surface area contributed by atoms with Crippen LogP contribution >= 0.6 is 0 Å². The Hall–Kier alpha value is -4.72. The van der Waals surface area contributed by atoms with E-state index in [1.165, 1.54) is 0 Å². The number of fused-ring (bicyclic) bond motifs is 1. The maximum atomic E-state index is 13.1. The van der Waals surface area contributed by atoms with Crippen LogP contribution in [0.5, 0.6) is 11.5 Å². The molecule has 0 aromatic heterocycles. The van der Waals surface area contributed by atoms with E-state index in [1.807, 2.05) is 37.3 Å². The second kappa shape index (κ2) is 9.83. The summed E-state index contributed by atoms with van der Waals surface area (Å²) < 4.78 is 5.58. The van der Waals surface area contributed by atoms with Gasteiger partial charge in [-0.05, 0) is 54.8 Å². The summed E-state index contributed by atoms with van der Waals surface area (Å²) in [5.74, 6) is -0.679. The Morgan fingerprint density at radius 1 is 0.941 bits per heavy atom. The Bertz CT molecular complexity index is 1350. The van der Waals surface area contributed by atoms with Gasteiger partial charge in [-0.2, -0.15) is 0 Å². The van der Waals surface area contributed by atoms with Crippen LogP contribution in [0.2, 0.25) is 0 Å². The Morgan fingerprint density at radius 3 is 2.38 bits per heavy atom. The lowest BCUT2D eigenvalue weighted by molar-refractivity contribution is 0.0997. The number of hydrazine groups is 1. The maximum Gasteiger partial charge on any atom is 0.259 e. The number of phenolic OH excluding ortho intramolecular Hbond substituents is 1. The summed E-state index contributed by atoms with van der Waals surface area (Å²) in [4.78, 5) is 24.4. The molecule has 0 aliphatic carbocycles. The van der Waals surface area contributed by atoms with E-state index in [2.05, 4.69) is 16.2 Å². The smallest absolute Gasteiger partial charge is 0.259 e. The van der Waals surface area contributed by atoms with E-state index in [0.29, 0.717) is 40.4 Å². The molecule has 0 unspecified atom stereocenters. The van der Waals surface area contributed by atoms with Crippen molar-refractivity contribution in [2.45, 2.75) is 6.92 Å². The molecule has 0 radical (unpaired) electrons. The fourth-order valence-corrected chi connectivity index (χ4v) is 3.53. The number of phenols is 1. The average Bonchev–Trinajstić information content (AvgIpc) is 2.84. The fraction of sp³-hybridized carbons (Fsp3) is 0.0769. The third-order valence-electron chi connectivity index (χ3n) is 5.20. The van der Waals surface area contributed by atoms with Crippen LogP contribution in [-0.4, -0.2) is 23.5 Å². The summed E-state index contributed by atoms with van der Waals surface area (Å²) in [7, 11) is 0. The summed E-state index contributed by atoms with van der Waals surface area (Å²) in [6.45, 7) is 2.31. The lowest BCUT2D eigenvalue weighted by atomic mass is 10.0. The first-order valence-electron chi connectivity index (χ1n) is 10.7. The Labute approximate surface area is 196 Å². The van der Waals surface area contributed by atoms with Crippen molar-refractivity contribution >= 4 is 39.6 Å². The Balaban J connectivity index is 1.66. The molecule has 0 bridgehead atoms. The molecule has 0 saturated carbocycles. The second-order valence-corrected chi connectivity index (χ2v) is 7.44. The van der Waals surface area contributed by atoms with Crippen molar-refractivity contribution in [1.82, 2.24) is 0 Å². The highest BCUT2D eigenvalue weighted by molar-refractivity contribution is 6.12. The first kappa shape index (κ1) is 22.5. The summed E-state index contributed by atoms with van der Waals surface area (Å²) in [5.41, 5.74) is 13.2. The lowest BCUT2D eigenvalue weighted by Crippen LogP contribution is -2.15. The average molecular weight is 457 g/mol. The molecule has 4 rings (SSSR count). The van der Waals surface area contributed by atoms with E-state index in [-0.39, 0.29) is 11.3 Å². The minimum Gasteiger partial charge on any atom is -0.505 e. The van der Waals surface area contributed by atoms with Gasteiger partial charge in [0.05, 0.1) is 23.5 Å². The van der Waals surface area contributed by atoms with Crippen LogP contribution in [-0.2, 0) is 0 Å². The van der Waals surface area contributed by atoms with Crippen LogP contribution in [0.1, 0.15) is 27.6 Å². The maximum absolute atomic E-state index is 13.1. The number of hydrogen-bond donors (Lipinski definition) is 5. The lowest BCUT2D eigenvalue weighted by Gasteiger charge is -2.17. The van der Waals surface area contributed by atoms with Gasteiger partial charge in [0, 0.05) is 10.9 Å². The van der Waals surface area contributed by atoms with Crippen molar-refractivity contribution in [3.05, 3.63) is 90.0 Å². The summed E-state index contributed by atoms with van der Waals surface area (Å²) >= 11 is 0. The van der Waals surface area contributed by atoms with Crippen LogP contribution in [0.4, 0.5) is 17.1 Å². The minimum atomic E-state index is -0.521. The number of amides is 2. The number of nitrogens with two attached hydrogens (primary N) is 1. The Morgan fingerprint density at radius 2 is 1.65 bits per heavy atom. The minimum absolute atomic E-state index is 0.0957. The molecule has 0 aliphatic heterocycles. The number of anilines is 3. The van der Waals surface area contributed by atoms with E-state index in [1.54, 1.807) is 48.5 Å². The summed E-state index contributed by atoms with van der Waals surface area (Å²) in [6, 6.07) is 22.6. The molecule has 0 aliphatic rings. The zero-order valence-corrected chi connectivity index (χ0v) is 18.5. The van der Waals surface area contributed by atoms with Crippen LogP contribution in [0.15, 0.2) is 78.9 Å². The number of para-hydroxylation sites is 2. The summed E-state index contributed by atoms with van der Waals surface area (Å²) in [5, 5.41) is 15.3. The van der Waals surface area contributed by atoms with Crippen molar-refractivity contribution in [3.8, 4) is 11.5 Å². The number of ether oxygens (including phenoxy) is 1. The van der Waals surface area contributed by atoms with Gasteiger partial charge < -0.3 is 26.3 Å². The first-order chi connectivity index (χ1) is 16.5. The molecule has 0 spiro atoms. The molecule has 0 fully saturated rings. The van der Waals surface area contributed by atoms with Crippen LogP contribution in [0, 0.1) is 0 Å². The molecule has 6 N–H and O–H groups in total. The van der Waals surface area contributed by atoms with Gasteiger partial charge in [0.1, 0.15) is 11.4 Å². The second-order valence-electron chi connectivity index (χ2n) is 7.44. The molecule has 8 nitrogen and oxygen atoms in total. The molecule has 4 aromatic carbocycles. The largest absolute Gasteiger partial charge is 0.505 e. The zero-order chi connectivity index (χ0) is 24.1. The van der Waals surface area contributed by atoms with Crippen LogP contribution in [0.3, 0.4) is 0 Å². The van der Waals surface area contributed by atoms with Crippen LogP contribution in [0.25, 0.3) is 10.8 Å². The molecular weight excluding hydrogens is 432 g/mol. The highest BCUT2D eigenvalue weighted by Gasteiger charge is 2.19. The normalized spacial score (nSPS) is 10.5. The molecule has 2 amide bonds. The quantitative estimate of drug-likeness (QED) is 0.193. The predicted octanol–water partition coefficient (Wildman–Crippen LogP) is 4.73. The number of benzene rings is 4. The number of nitrogens with one attached hydrogen (secondary N) is 3. The van der Waals surface area contributed by atoms with Crippen molar-refractivity contribution in [2.24, 2.45) is 5.73 Å². The monoisotopic (exact) mass is 456 g/mol. The third-order valence-corrected chi connectivity index (χ3v) is 5.20. The molecule has 0 saturated heterocycles. The zero-order valence-electron chi connectivity index (χ0n) is 18.5. The third kappa shape index (κ3) is 4.71. The van der Waals surface area contributed by atoms with E-state index >= 15 is 0 Å². The van der Waals surface area contributed by atoms with E-state index in [4.69, 9.17) is 10.5 Å². The molecule has 172 valence electrons. The number of rotatable bonds is 8. The van der Waals surface area contributed by atoms with Gasteiger partial charge in [-0.1, -0.05) is 36.4 Å². The fourth-order valence-electron chi connectivity index (χ4n) is 3.53. The topological polar surface area (TPSA) is 126 Å². The number of carbonyl (C=O) groups is 2. The molecule has 8 heteroatoms. The first-order valence-corrected chi connectivity index (χ1v) is 10.7. The summed E-state index contributed by atoms with van der Waals surface area (Å²) in [6.07, 6.45) is 0. The number of aromatic hydroxyl groups is 1.